The summed E-state index contributed by atoms with van der Waals surface area (Å²) in [5.74, 6) is 4.61. The zero-order valence-corrected chi connectivity index (χ0v) is 11.1. The zero-order valence-electron chi connectivity index (χ0n) is 11.1. The summed E-state index contributed by atoms with van der Waals surface area (Å²) in [6, 6.07) is 9.09. The van der Waals surface area contributed by atoms with Gasteiger partial charge in [0.1, 0.15) is 11.6 Å². The Balaban J connectivity index is 2.20. The number of amides is 1. The van der Waals surface area contributed by atoms with Gasteiger partial charge in [0, 0.05) is 18.2 Å². The highest BCUT2D eigenvalue weighted by Crippen LogP contribution is 2.12. The second-order valence-corrected chi connectivity index (χ2v) is 4.14. The number of aromatic nitrogens is 1. The summed E-state index contributed by atoms with van der Waals surface area (Å²) in [6.45, 7) is -0.0405. The summed E-state index contributed by atoms with van der Waals surface area (Å²) < 4.78 is 13.7. The van der Waals surface area contributed by atoms with E-state index in [4.69, 9.17) is 5.11 Å². The van der Waals surface area contributed by atoms with Gasteiger partial charge in [-0.3, -0.25) is 4.79 Å². The van der Waals surface area contributed by atoms with Crippen LogP contribution in [-0.2, 0) is 0 Å². The highest BCUT2D eigenvalue weighted by Gasteiger charge is 2.12. The molecule has 1 aromatic carbocycles. The maximum absolute atomic E-state index is 13.7. The molecule has 4 nitrogen and oxygen atoms in total. The van der Waals surface area contributed by atoms with Crippen LogP contribution < -0.4 is 5.32 Å². The number of nitrogens with zero attached hydrogens (tertiary/aromatic N) is 1. The number of benzene rings is 1. The van der Waals surface area contributed by atoms with E-state index in [1.54, 1.807) is 18.2 Å². The Hall–Kier alpha value is -2.71. The van der Waals surface area contributed by atoms with Crippen molar-refractivity contribution in [3.63, 3.8) is 0 Å². The van der Waals surface area contributed by atoms with E-state index < -0.39 is 11.7 Å². The lowest BCUT2D eigenvalue weighted by molar-refractivity contribution is 0.102. The fraction of sp³-hybridized carbons (Fsp3) is 0.125. The van der Waals surface area contributed by atoms with E-state index in [2.05, 4.69) is 22.1 Å². The summed E-state index contributed by atoms with van der Waals surface area (Å²) in [4.78, 5) is 16.0. The van der Waals surface area contributed by atoms with Gasteiger partial charge in [-0.25, -0.2) is 9.37 Å². The van der Waals surface area contributed by atoms with Gasteiger partial charge in [0.15, 0.2) is 0 Å². The van der Waals surface area contributed by atoms with E-state index in [0.29, 0.717) is 17.8 Å². The molecule has 0 atom stereocenters. The monoisotopic (exact) mass is 284 g/mol. The third kappa shape index (κ3) is 4.13. The lowest BCUT2D eigenvalue weighted by atomic mass is 10.1. The van der Waals surface area contributed by atoms with Crippen LogP contribution in [0.15, 0.2) is 42.6 Å². The Labute approximate surface area is 121 Å². The van der Waals surface area contributed by atoms with Gasteiger partial charge in [0.25, 0.3) is 5.91 Å². The molecule has 0 bridgehead atoms. The first-order chi connectivity index (χ1) is 10.2. The van der Waals surface area contributed by atoms with Crippen molar-refractivity contribution in [1.29, 1.82) is 0 Å². The highest BCUT2D eigenvalue weighted by atomic mass is 19.1. The molecule has 0 unspecified atom stereocenters. The topological polar surface area (TPSA) is 62.2 Å². The first-order valence-corrected chi connectivity index (χ1v) is 6.32. The molecule has 106 valence electrons. The average Bonchev–Trinajstić information content (AvgIpc) is 2.50. The molecule has 0 aliphatic carbocycles. The molecule has 1 aromatic heterocycles. The molecular weight excluding hydrogens is 271 g/mol. The fourth-order valence-electron chi connectivity index (χ4n) is 1.62. The first kappa shape index (κ1) is 14.7. The number of anilines is 1. The van der Waals surface area contributed by atoms with Crippen molar-refractivity contribution in [1.82, 2.24) is 4.98 Å². The van der Waals surface area contributed by atoms with Gasteiger partial charge in [-0.2, -0.15) is 0 Å². The molecule has 0 aliphatic rings. The first-order valence-electron chi connectivity index (χ1n) is 6.32. The Morgan fingerprint density at radius 2 is 2.19 bits per heavy atom. The summed E-state index contributed by atoms with van der Waals surface area (Å²) in [7, 11) is 0. The number of pyridine rings is 1. The molecule has 2 N–H and O–H groups in total. The quantitative estimate of drug-likeness (QED) is 0.849. The third-order valence-corrected chi connectivity index (χ3v) is 2.59. The van der Waals surface area contributed by atoms with Crippen LogP contribution in [0, 0.1) is 17.7 Å². The third-order valence-electron chi connectivity index (χ3n) is 2.59. The van der Waals surface area contributed by atoms with Crippen molar-refractivity contribution in [2.45, 2.75) is 6.42 Å². The van der Waals surface area contributed by atoms with Gasteiger partial charge in [-0.1, -0.05) is 17.9 Å². The van der Waals surface area contributed by atoms with Crippen LogP contribution >= 0.6 is 0 Å². The smallest absolute Gasteiger partial charge is 0.259 e. The number of rotatable bonds is 3. The summed E-state index contributed by atoms with van der Waals surface area (Å²) in [6.07, 6.45) is 1.86. The predicted octanol–water partition coefficient (Wildman–Crippen LogP) is 2.21. The molecule has 0 aliphatic heterocycles. The molecule has 21 heavy (non-hydrogen) atoms. The fourth-order valence-corrected chi connectivity index (χ4v) is 1.62. The van der Waals surface area contributed by atoms with Crippen molar-refractivity contribution >= 4 is 11.7 Å². The Bertz CT molecular complexity index is 690. The van der Waals surface area contributed by atoms with Crippen LogP contribution in [0.5, 0.6) is 0 Å². The molecule has 0 saturated heterocycles. The molecule has 0 saturated carbocycles. The number of halogens is 1. The number of aliphatic hydroxyl groups is 1. The molecule has 0 fully saturated rings. The molecule has 0 spiro atoms. The Morgan fingerprint density at radius 1 is 1.33 bits per heavy atom. The van der Waals surface area contributed by atoms with Crippen LogP contribution in [0.1, 0.15) is 22.3 Å². The maximum Gasteiger partial charge on any atom is 0.259 e. The van der Waals surface area contributed by atoms with Crippen LogP contribution in [0.25, 0.3) is 0 Å². The van der Waals surface area contributed by atoms with Crippen LogP contribution in [0.3, 0.4) is 0 Å². The van der Waals surface area contributed by atoms with Crippen LogP contribution in [-0.4, -0.2) is 22.6 Å². The number of aliphatic hydroxyl groups excluding tert-OH is 1. The molecule has 1 amide bonds. The van der Waals surface area contributed by atoms with Gasteiger partial charge in [0.05, 0.1) is 12.2 Å². The van der Waals surface area contributed by atoms with Gasteiger partial charge in [-0.15, -0.1) is 0 Å². The van der Waals surface area contributed by atoms with Crippen molar-refractivity contribution < 1.29 is 14.3 Å². The molecule has 0 radical (unpaired) electrons. The van der Waals surface area contributed by atoms with E-state index in [1.807, 2.05) is 0 Å². The standard InChI is InChI=1S/C16H13FN2O2/c17-14-8-7-12(5-2-4-10-20)11-13(14)16(21)19-15-6-1-3-9-18-15/h1,3,6-9,11,20H,4,10H2,(H,18,19,21). The average molecular weight is 284 g/mol. The van der Waals surface area contributed by atoms with E-state index in [-0.39, 0.29) is 12.2 Å². The number of hydrogen-bond acceptors (Lipinski definition) is 3. The van der Waals surface area contributed by atoms with E-state index in [1.165, 1.54) is 24.4 Å². The lowest BCUT2D eigenvalue weighted by Gasteiger charge is -2.05. The lowest BCUT2D eigenvalue weighted by Crippen LogP contribution is -2.14. The van der Waals surface area contributed by atoms with Crippen molar-refractivity contribution in [3.05, 3.63) is 59.5 Å². The SMILES string of the molecule is O=C(Nc1ccccn1)c1cc(C#CCCO)ccc1F. The minimum absolute atomic E-state index is 0.0405. The molecule has 1 heterocycles. The van der Waals surface area contributed by atoms with Crippen molar-refractivity contribution in [2.24, 2.45) is 0 Å². The minimum atomic E-state index is -0.629. The van der Waals surface area contributed by atoms with Gasteiger partial charge < -0.3 is 10.4 Å². The zero-order chi connectivity index (χ0) is 15.1. The molecule has 2 rings (SSSR count). The second-order valence-electron chi connectivity index (χ2n) is 4.14. The number of carbonyl (C=O) groups is 1. The maximum atomic E-state index is 13.7. The molecule has 5 heteroatoms. The van der Waals surface area contributed by atoms with E-state index >= 15 is 0 Å². The van der Waals surface area contributed by atoms with Crippen LogP contribution in [0.2, 0.25) is 0 Å². The molecular formula is C16H13FN2O2. The number of hydrogen-bond donors (Lipinski definition) is 2. The van der Waals surface area contributed by atoms with E-state index in [0.717, 1.165) is 0 Å². The summed E-state index contributed by atoms with van der Waals surface area (Å²) >= 11 is 0. The number of nitrogens with one attached hydrogen (secondary N) is 1. The predicted molar refractivity (Wildman–Crippen MR) is 77.2 cm³/mol. The largest absolute Gasteiger partial charge is 0.395 e. The summed E-state index contributed by atoms with van der Waals surface area (Å²) in [5, 5.41) is 11.2. The van der Waals surface area contributed by atoms with Crippen LogP contribution in [0.4, 0.5) is 10.2 Å². The Morgan fingerprint density at radius 3 is 2.90 bits per heavy atom. The molecule has 2 aromatic rings. The second kappa shape index (κ2) is 7.17. The highest BCUT2D eigenvalue weighted by molar-refractivity contribution is 6.04. The normalized spacial score (nSPS) is 9.62. The van der Waals surface area contributed by atoms with Gasteiger partial charge in [-0.05, 0) is 30.3 Å². The van der Waals surface area contributed by atoms with E-state index in [9.17, 15) is 9.18 Å². The minimum Gasteiger partial charge on any atom is -0.395 e. The number of carbonyl (C=O) groups excluding carboxylic acids is 1. The van der Waals surface area contributed by atoms with Crippen molar-refractivity contribution in [3.8, 4) is 11.8 Å². The van der Waals surface area contributed by atoms with Crippen molar-refractivity contribution in [2.75, 3.05) is 11.9 Å². The summed E-state index contributed by atoms with van der Waals surface area (Å²) in [5.41, 5.74) is 0.410. The van der Waals surface area contributed by atoms with Gasteiger partial charge >= 0.3 is 0 Å². The van der Waals surface area contributed by atoms with Gasteiger partial charge in [0.2, 0.25) is 0 Å². The Kier molecular flexibility index (Phi) is 5.02.